The van der Waals surface area contributed by atoms with Gasteiger partial charge in [-0.25, -0.2) is 24.9 Å². The molecule has 2 N–H and O–H groups in total. The third-order valence-electron chi connectivity index (χ3n) is 7.91. The number of imidazole rings is 1. The van der Waals surface area contributed by atoms with Crippen molar-refractivity contribution < 1.29 is 0 Å². The smallest absolute Gasteiger partial charge is 0.234 e. The van der Waals surface area contributed by atoms with Crippen molar-refractivity contribution in [1.29, 1.82) is 10.5 Å². The summed E-state index contributed by atoms with van der Waals surface area (Å²) < 4.78 is 2.01. The van der Waals surface area contributed by atoms with Crippen LogP contribution in [0.2, 0.25) is 0 Å². The van der Waals surface area contributed by atoms with Crippen molar-refractivity contribution >= 4 is 22.8 Å². The maximum atomic E-state index is 9.41. The van der Waals surface area contributed by atoms with E-state index in [1.54, 1.807) is 18.5 Å². The van der Waals surface area contributed by atoms with Crippen molar-refractivity contribution in [3.63, 3.8) is 0 Å². The Bertz CT molecular complexity index is 2100. The maximum Gasteiger partial charge on any atom is 0.234 e. The third-order valence-corrected chi connectivity index (χ3v) is 7.91. The monoisotopic (exact) mass is 619 g/mol. The van der Waals surface area contributed by atoms with Gasteiger partial charge < -0.3 is 10.6 Å². The van der Waals surface area contributed by atoms with E-state index < -0.39 is 0 Å². The summed E-state index contributed by atoms with van der Waals surface area (Å²) in [6.07, 6.45) is 3.30. The molecule has 0 radical (unpaired) electrons. The molecule has 6 aromatic rings. The van der Waals surface area contributed by atoms with E-state index >= 15 is 0 Å². The number of piperazine rings is 1. The molecule has 4 aromatic heterocycles. The zero-order chi connectivity index (χ0) is 32.8. The van der Waals surface area contributed by atoms with Crippen LogP contribution in [-0.4, -0.2) is 60.6 Å². The van der Waals surface area contributed by atoms with Gasteiger partial charge in [-0.15, -0.1) is 0 Å². The van der Waals surface area contributed by atoms with Crippen LogP contribution in [0, 0.1) is 22.7 Å². The van der Waals surface area contributed by atoms with Gasteiger partial charge in [0.1, 0.15) is 23.2 Å². The fourth-order valence-corrected chi connectivity index (χ4v) is 5.62. The van der Waals surface area contributed by atoms with Gasteiger partial charge in [0, 0.05) is 56.4 Å². The largest absolute Gasteiger partial charge is 0.383 e. The predicted octanol–water partition coefficient (Wildman–Crippen LogP) is 5.61. The number of nitrogen functional groups attached to an aromatic ring is 1. The summed E-state index contributed by atoms with van der Waals surface area (Å²) in [6, 6.07) is 29.5. The first-order chi connectivity index (χ1) is 23.1. The Kier molecular flexibility index (Phi) is 9.09. The van der Waals surface area contributed by atoms with E-state index in [2.05, 4.69) is 55.1 Å². The van der Waals surface area contributed by atoms with Gasteiger partial charge in [-0.1, -0.05) is 38.1 Å². The number of nitrogens with zero attached hydrogens (tertiary/aromatic N) is 10. The second-order valence-electron chi connectivity index (χ2n) is 10.7. The van der Waals surface area contributed by atoms with E-state index in [-0.39, 0.29) is 5.82 Å². The van der Waals surface area contributed by atoms with Crippen LogP contribution in [0.15, 0.2) is 91.3 Å². The molecule has 11 nitrogen and oxygen atoms in total. The molecule has 11 heteroatoms. The Hall–Kier alpha value is -6.17. The maximum absolute atomic E-state index is 9.41. The molecule has 0 amide bonds. The normalized spacial score (nSPS) is 13.0. The summed E-state index contributed by atoms with van der Waals surface area (Å²) in [5.74, 6) is 2.02. The van der Waals surface area contributed by atoms with Crippen molar-refractivity contribution in [2.24, 2.45) is 0 Å². The number of benzene rings is 2. The van der Waals surface area contributed by atoms with E-state index in [1.807, 2.05) is 73.0 Å². The topological polar surface area (TPSA) is 149 Å². The molecule has 0 spiro atoms. The molecule has 0 saturated carbocycles. The molecular weight excluding hydrogens is 586 g/mol. The summed E-state index contributed by atoms with van der Waals surface area (Å²) in [5.41, 5.74) is 12.7. The van der Waals surface area contributed by atoms with Crippen LogP contribution in [0.25, 0.3) is 39.5 Å². The van der Waals surface area contributed by atoms with Gasteiger partial charge >= 0.3 is 0 Å². The van der Waals surface area contributed by atoms with Crippen LogP contribution in [0.4, 0.5) is 11.6 Å². The van der Waals surface area contributed by atoms with Gasteiger partial charge in [0.25, 0.3) is 0 Å². The van der Waals surface area contributed by atoms with Gasteiger partial charge in [0.05, 0.1) is 22.9 Å². The van der Waals surface area contributed by atoms with E-state index in [4.69, 9.17) is 21.0 Å². The highest BCUT2D eigenvalue weighted by atomic mass is 15.3. The average Bonchev–Trinajstić information content (AvgIpc) is 3.52. The van der Waals surface area contributed by atoms with Crippen LogP contribution in [0.3, 0.4) is 0 Å². The van der Waals surface area contributed by atoms with Gasteiger partial charge in [0.2, 0.25) is 5.82 Å². The fraction of sp³-hybridized carbons (Fsp3) is 0.194. The quantitative estimate of drug-likeness (QED) is 0.249. The minimum absolute atomic E-state index is 0.190. The fourth-order valence-electron chi connectivity index (χ4n) is 5.62. The second-order valence-corrected chi connectivity index (χ2v) is 10.7. The first kappa shape index (κ1) is 30.8. The first-order valence-corrected chi connectivity index (χ1v) is 15.5. The summed E-state index contributed by atoms with van der Waals surface area (Å²) in [5, 5.41) is 18.5. The van der Waals surface area contributed by atoms with E-state index in [0.29, 0.717) is 22.9 Å². The number of anilines is 2. The van der Waals surface area contributed by atoms with Crippen LogP contribution in [0.5, 0.6) is 0 Å². The van der Waals surface area contributed by atoms with Gasteiger partial charge in [-0.3, -0.25) is 9.47 Å². The Morgan fingerprint density at radius 2 is 1.60 bits per heavy atom. The highest BCUT2D eigenvalue weighted by Crippen LogP contribution is 2.32. The number of hydrogen-bond donors (Lipinski definition) is 1. The van der Waals surface area contributed by atoms with Crippen LogP contribution < -0.4 is 10.6 Å². The number of nitrogens with two attached hydrogens (primary N) is 1. The Labute approximate surface area is 273 Å². The molecule has 5 heterocycles. The van der Waals surface area contributed by atoms with Crippen molar-refractivity contribution in [2.45, 2.75) is 20.4 Å². The SMILES string of the molecule is CC.N#Cc1cccc(-c2ccc3nc(-c4cccnc4N)n(-c4ccc(CN5CCN(c6ccnc(C#N)n6)CC5)cc4)c3n2)c1. The van der Waals surface area contributed by atoms with E-state index in [1.165, 1.54) is 5.56 Å². The molecule has 0 bridgehead atoms. The number of fused-ring (bicyclic) bond motifs is 1. The van der Waals surface area contributed by atoms with E-state index in [9.17, 15) is 5.26 Å². The molecule has 0 atom stereocenters. The summed E-state index contributed by atoms with van der Waals surface area (Å²) in [7, 11) is 0. The molecule has 0 aliphatic carbocycles. The first-order valence-electron chi connectivity index (χ1n) is 15.5. The molecule has 1 saturated heterocycles. The summed E-state index contributed by atoms with van der Waals surface area (Å²) in [6.45, 7) is 8.21. The van der Waals surface area contributed by atoms with Crippen molar-refractivity contribution in [3.8, 4) is 40.5 Å². The summed E-state index contributed by atoms with van der Waals surface area (Å²) >= 11 is 0. The highest BCUT2D eigenvalue weighted by Gasteiger charge is 2.21. The zero-order valence-electron chi connectivity index (χ0n) is 26.2. The zero-order valence-corrected chi connectivity index (χ0v) is 26.2. The minimum Gasteiger partial charge on any atom is -0.383 e. The lowest BCUT2D eigenvalue weighted by Crippen LogP contribution is -2.46. The Morgan fingerprint density at radius 3 is 2.34 bits per heavy atom. The number of hydrogen-bond acceptors (Lipinski definition) is 10. The molecule has 232 valence electrons. The Morgan fingerprint density at radius 1 is 0.787 bits per heavy atom. The van der Waals surface area contributed by atoms with Gasteiger partial charge in [-0.2, -0.15) is 10.5 Å². The lowest BCUT2D eigenvalue weighted by atomic mass is 10.1. The van der Waals surface area contributed by atoms with Crippen LogP contribution in [-0.2, 0) is 6.54 Å². The lowest BCUT2D eigenvalue weighted by molar-refractivity contribution is 0.249. The molecule has 1 aliphatic rings. The van der Waals surface area contributed by atoms with Crippen molar-refractivity contribution in [2.75, 3.05) is 36.8 Å². The van der Waals surface area contributed by atoms with Gasteiger partial charge in [0.15, 0.2) is 11.5 Å². The number of nitriles is 2. The van der Waals surface area contributed by atoms with Crippen LogP contribution >= 0.6 is 0 Å². The minimum atomic E-state index is 0.190. The van der Waals surface area contributed by atoms with E-state index in [0.717, 1.165) is 66.6 Å². The second kappa shape index (κ2) is 13.9. The molecule has 1 aliphatic heterocycles. The Balaban J connectivity index is 0.00000190. The van der Waals surface area contributed by atoms with Crippen molar-refractivity contribution in [3.05, 3.63) is 108 Å². The predicted molar refractivity (Wildman–Crippen MR) is 182 cm³/mol. The standard InChI is InChI=1S/C34H27N11.C2H6/c35-20-24-3-1-4-25(19-24)28-10-11-29-34(40-28)45(33(41-29)27-5-2-13-39-32(27)37)26-8-6-23(7-9-26)22-43-15-17-44(18-16-43)31-12-14-38-30(21-36)42-31;1-2/h1-14,19H,15-18,22H2,(H2,37,39);1-2H3. The van der Waals surface area contributed by atoms with Crippen molar-refractivity contribution in [1.82, 2.24) is 34.4 Å². The summed E-state index contributed by atoms with van der Waals surface area (Å²) in [4.78, 5) is 27.2. The molecular formula is C36H33N11. The molecule has 2 aromatic carbocycles. The van der Waals surface area contributed by atoms with Gasteiger partial charge in [-0.05, 0) is 60.2 Å². The molecule has 1 fully saturated rings. The number of aromatic nitrogens is 6. The number of pyridine rings is 2. The highest BCUT2D eigenvalue weighted by molar-refractivity contribution is 5.84. The third kappa shape index (κ3) is 6.47. The number of rotatable bonds is 6. The van der Waals surface area contributed by atoms with Crippen LogP contribution in [0.1, 0.15) is 30.8 Å². The molecule has 0 unspecified atom stereocenters. The lowest BCUT2D eigenvalue weighted by Gasteiger charge is -2.35. The average molecular weight is 620 g/mol. The molecule has 7 rings (SSSR count). The molecule has 47 heavy (non-hydrogen) atoms.